The van der Waals surface area contributed by atoms with Gasteiger partial charge in [-0.1, -0.05) is 13.3 Å². The van der Waals surface area contributed by atoms with Crippen molar-refractivity contribution in [1.29, 1.82) is 0 Å². The predicted molar refractivity (Wildman–Crippen MR) is 46.2 cm³/mol. The maximum Gasteiger partial charge on any atom is 0.110 e. The van der Waals surface area contributed by atoms with Crippen LogP contribution in [0.2, 0.25) is 0 Å². The summed E-state index contributed by atoms with van der Waals surface area (Å²) in [5, 5.41) is 9.83. The van der Waals surface area contributed by atoms with Crippen molar-refractivity contribution in [3.63, 3.8) is 0 Å². The van der Waals surface area contributed by atoms with E-state index in [9.17, 15) is 5.11 Å². The summed E-state index contributed by atoms with van der Waals surface area (Å²) in [6, 6.07) is 0. The summed E-state index contributed by atoms with van der Waals surface area (Å²) in [5.41, 5.74) is 0. The lowest BCUT2D eigenvalue weighted by atomic mass is 9.97. The highest BCUT2D eigenvalue weighted by Gasteiger charge is 2.28. The van der Waals surface area contributed by atoms with Crippen molar-refractivity contribution in [3.8, 4) is 0 Å². The van der Waals surface area contributed by atoms with E-state index in [4.69, 9.17) is 0 Å². The molecule has 0 spiro atoms. The maximum absolute atomic E-state index is 9.83. The molecule has 1 N–H and O–H groups in total. The van der Waals surface area contributed by atoms with Gasteiger partial charge in [0.05, 0.1) is 0 Å². The smallest absolute Gasteiger partial charge is 0.110 e. The molecule has 60 valence electrons. The summed E-state index contributed by atoms with van der Waals surface area (Å²) in [6.45, 7) is 2.11. The van der Waals surface area contributed by atoms with E-state index in [0.29, 0.717) is 0 Å². The molecule has 0 aromatic carbocycles. The Morgan fingerprint density at radius 1 is 1.30 bits per heavy atom. The van der Waals surface area contributed by atoms with Gasteiger partial charge in [-0.15, -0.1) is 11.8 Å². The van der Waals surface area contributed by atoms with Crippen LogP contribution in [0.5, 0.6) is 0 Å². The summed E-state index contributed by atoms with van der Waals surface area (Å²) in [6.07, 6.45) is 5.75. The van der Waals surface area contributed by atoms with Gasteiger partial charge in [0.1, 0.15) is 4.93 Å². The third-order valence-corrected chi connectivity index (χ3v) is 3.28. The van der Waals surface area contributed by atoms with Gasteiger partial charge in [0, 0.05) is 0 Å². The van der Waals surface area contributed by atoms with Gasteiger partial charge in [0.25, 0.3) is 0 Å². The van der Waals surface area contributed by atoms with Gasteiger partial charge in [-0.25, -0.2) is 0 Å². The lowest BCUT2D eigenvalue weighted by Crippen LogP contribution is -2.27. The SMILES string of the molecule is CCSC1(O)CCCCC1. The summed E-state index contributed by atoms with van der Waals surface area (Å²) >= 11 is 1.71. The first-order valence-electron chi connectivity index (χ1n) is 4.13. The summed E-state index contributed by atoms with van der Waals surface area (Å²) in [7, 11) is 0. The zero-order valence-corrected chi connectivity index (χ0v) is 7.41. The van der Waals surface area contributed by atoms with Crippen molar-refractivity contribution in [2.75, 3.05) is 5.75 Å². The molecule has 0 saturated heterocycles. The zero-order valence-electron chi connectivity index (χ0n) is 6.60. The Labute approximate surface area is 67.2 Å². The van der Waals surface area contributed by atoms with Gasteiger partial charge in [-0.2, -0.15) is 0 Å². The highest BCUT2D eigenvalue weighted by atomic mass is 32.2. The summed E-state index contributed by atoms with van der Waals surface area (Å²) in [4.78, 5) is -0.354. The minimum atomic E-state index is -0.354. The van der Waals surface area contributed by atoms with Gasteiger partial charge in [-0.3, -0.25) is 0 Å². The van der Waals surface area contributed by atoms with Crippen molar-refractivity contribution < 1.29 is 5.11 Å². The minimum absolute atomic E-state index is 0.354. The molecule has 1 saturated carbocycles. The molecule has 1 rings (SSSR count). The van der Waals surface area contributed by atoms with E-state index in [1.165, 1.54) is 19.3 Å². The number of rotatable bonds is 2. The molecule has 1 aliphatic rings. The molecule has 0 radical (unpaired) electrons. The average Bonchev–Trinajstić information content (AvgIpc) is 1.89. The van der Waals surface area contributed by atoms with Crippen molar-refractivity contribution in [1.82, 2.24) is 0 Å². The molecule has 2 heteroatoms. The number of aliphatic hydroxyl groups is 1. The van der Waals surface area contributed by atoms with Gasteiger partial charge in [0.2, 0.25) is 0 Å². The Hall–Kier alpha value is 0.310. The normalized spacial score (nSPS) is 24.6. The van der Waals surface area contributed by atoms with Crippen LogP contribution in [0, 0.1) is 0 Å². The van der Waals surface area contributed by atoms with E-state index in [-0.39, 0.29) is 4.93 Å². The van der Waals surface area contributed by atoms with Crippen molar-refractivity contribution in [3.05, 3.63) is 0 Å². The molecule has 0 aliphatic heterocycles. The third-order valence-electron chi connectivity index (χ3n) is 2.05. The lowest BCUT2D eigenvalue weighted by Gasteiger charge is -2.30. The first kappa shape index (κ1) is 8.41. The molecule has 0 aromatic rings. The number of hydrogen-bond donors (Lipinski definition) is 1. The van der Waals surface area contributed by atoms with Crippen LogP contribution in [0.3, 0.4) is 0 Å². The minimum Gasteiger partial charge on any atom is -0.380 e. The molecule has 1 fully saturated rings. The molecular weight excluding hydrogens is 144 g/mol. The zero-order chi connectivity index (χ0) is 7.45. The van der Waals surface area contributed by atoms with Crippen LogP contribution >= 0.6 is 11.8 Å². The Morgan fingerprint density at radius 2 is 1.90 bits per heavy atom. The lowest BCUT2D eigenvalue weighted by molar-refractivity contribution is 0.0947. The van der Waals surface area contributed by atoms with Gasteiger partial charge in [0.15, 0.2) is 0 Å². The van der Waals surface area contributed by atoms with Crippen LogP contribution < -0.4 is 0 Å². The second-order valence-corrected chi connectivity index (χ2v) is 4.57. The Bertz CT molecular complexity index is 91.9. The standard InChI is InChI=1S/C8H16OS/c1-2-10-8(9)6-4-3-5-7-8/h9H,2-7H2,1H3. The highest BCUT2D eigenvalue weighted by Crippen LogP contribution is 2.36. The largest absolute Gasteiger partial charge is 0.380 e. The van der Waals surface area contributed by atoms with E-state index >= 15 is 0 Å². The van der Waals surface area contributed by atoms with Crippen LogP contribution in [0.1, 0.15) is 39.0 Å². The van der Waals surface area contributed by atoms with Crippen LogP contribution in [-0.4, -0.2) is 15.8 Å². The fourth-order valence-electron chi connectivity index (χ4n) is 1.52. The number of hydrogen-bond acceptors (Lipinski definition) is 2. The monoisotopic (exact) mass is 160 g/mol. The molecule has 1 nitrogen and oxygen atoms in total. The van der Waals surface area contributed by atoms with Crippen molar-refractivity contribution in [2.45, 2.75) is 44.0 Å². The summed E-state index contributed by atoms with van der Waals surface area (Å²) < 4.78 is 0. The van der Waals surface area contributed by atoms with Crippen molar-refractivity contribution in [2.24, 2.45) is 0 Å². The number of thioether (sulfide) groups is 1. The summed E-state index contributed by atoms with van der Waals surface area (Å²) in [5.74, 6) is 1.04. The second kappa shape index (κ2) is 3.63. The molecule has 0 unspecified atom stereocenters. The predicted octanol–water partition coefficient (Wildman–Crippen LogP) is 2.39. The van der Waals surface area contributed by atoms with Crippen LogP contribution in [0.4, 0.5) is 0 Å². The molecule has 0 bridgehead atoms. The first-order valence-corrected chi connectivity index (χ1v) is 5.12. The van der Waals surface area contributed by atoms with E-state index < -0.39 is 0 Å². The molecular formula is C8H16OS. The van der Waals surface area contributed by atoms with E-state index in [2.05, 4.69) is 6.92 Å². The van der Waals surface area contributed by atoms with E-state index in [1.54, 1.807) is 11.8 Å². The molecule has 10 heavy (non-hydrogen) atoms. The van der Waals surface area contributed by atoms with Crippen LogP contribution in [0.25, 0.3) is 0 Å². The average molecular weight is 160 g/mol. The third kappa shape index (κ3) is 2.17. The first-order chi connectivity index (χ1) is 4.77. The molecule has 0 atom stereocenters. The highest BCUT2D eigenvalue weighted by molar-refractivity contribution is 8.00. The fraction of sp³-hybridized carbons (Fsp3) is 1.00. The second-order valence-electron chi connectivity index (χ2n) is 2.94. The van der Waals surface area contributed by atoms with Gasteiger partial charge in [-0.05, 0) is 31.4 Å². The van der Waals surface area contributed by atoms with E-state index in [1.807, 2.05) is 0 Å². The Balaban J connectivity index is 2.32. The quantitative estimate of drug-likeness (QED) is 0.626. The van der Waals surface area contributed by atoms with Crippen LogP contribution in [-0.2, 0) is 0 Å². The molecule has 1 aliphatic carbocycles. The molecule has 0 amide bonds. The fourth-order valence-corrected chi connectivity index (χ4v) is 2.63. The topological polar surface area (TPSA) is 20.2 Å². The molecule has 0 heterocycles. The van der Waals surface area contributed by atoms with Gasteiger partial charge < -0.3 is 5.11 Å². The van der Waals surface area contributed by atoms with E-state index in [0.717, 1.165) is 18.6 Å². The Morgan fingerprint density at radius 3 is 2.40 bits per heavy atom. The van der Waals surface area contributed by atoms with Gasteiger partial charge >= 0.3 is 0 Å². The molecule has 0 aromatic heterocycles. The van der Waals surface area contributed by atoms with Crippen LogP contribution in [0.15, 0.2) is 0 Å². The maximum atomic E-state index is 9.83. The Kier molecular flexibility index (Phi) is 3.05. The van der Waals surface area contributed by atoms with Crippen molar-refractivity contribution >= 4 is 11.8 Å².